The Labute approximate surface area is 120 Å². The van der Waals surface area contributed by atoms with Crippen LogP contribution in [0.3, 0.4) is 0 Å². The topological polar surface area (TPSA) is 60.8 Å². The molecule has 6 heteroatoms. The van der Waals surface area contributed by atoms with Crippen LogP contribution in [0.5, 0.6) is 6.01 Å². The Morgan fingerprint density at radius 2 is 1.67 bits per heavy atom. The average Bonchev–Trinajstić information content (AvgIpc) is 2.56. The number of hydrogen-bond donors (Lipinski definition) is 0. The van der Waals surface area contributed by atoms with Gasteiger partial charge in [0, 0.05) is 11.8 Å². The van der Waals surface area contributed by atoms with Gasteiger partial charge in [-0.3, -0.25) is 4.98 Å². The third kappa shape index (κ3) is 2.84. The van der Waals surface area contributed by atoms with Gasteiger partial charge in [0.25, 0.3) is 0 Å². The number of halogens is 1. The highest BCUT2D eigenvalue weighted by atomic mass is 19.1. The lowest BCUT2D eigenvalue weighted by molar-refractivity contribution is 0.379. The van der Waals surface area contributed by atoms with E-state index in [1.165, 1.54) is 19.2 Å². The summed E-state index contributed by atoms with van der Waals surface area (Å²) in [5.41, 5.74) is 1.29. The van der Waals surface area contributed by atoms with Crippen molar-refractivity contribution in [2.24, 2.45) is 0 Å². The van der Waals surface area contributed by atoms with Crippen LogP contribution >= 0.6 is 0 Å². The Bertz CT molecular complexity index is 747. The van der Waals surface area contributed by atoms with E-state index in [2.05, 4.69) is 19.9 Å². The highest BCUT2D eigenvalue weighted by molar-refractivity contribution is 5.59. The molecule has 0 aliphatic rings. The fourth-order valence-electron chi connectivity index (χ4n) is 1.79. The summed E-state index contributed by atoms with van der Waals surface area (Å²) in [4.78, 5) is 16.9. The maximum atomic E-state index is 13.0. The van der Waals surface area contributed by atoms with Crippen molar-refractivity contribution in [1.29, 1.82) is 0 Å². The van der Waals surface area contributed by atoms with Gasteiger partial charge in [0.1, 0.15) is 11.5 Å². The molecule has 0 aliphatic heterocycles. The Kier molecular flexibility index (Phi) is 3.51. The van der Waals surface area contributed by atoms with E-state index in [1.54, 1.807) is 24.4 Å². The lowest BCUT2D eigenvalue weighted by Crippen LogP contribution is -2.01. The van der Waals surface area contributed by atoms with Crippen LogP contribution in [0.1, 0.15) is 0 Å². The number of methoxy groups -OCH3 is 1. The van der Waals surface area contributed by atoms with Gasteiger partial charge in [0.05, 0.1) is 7.11 Å². The minimum Gasteiger partial charge on any atom is -0.467 e. The van der Waals surface area contributed by atoms with E-state index >= 15 is 0 Å². The summed E-state index contributed by atoms with van der Waals surface area (Å²) >= 11 is 0. The quantitative estimate of drug-likeness (QED) is 0.739. The van der Waals surface area contributed by atoms with Gasteiger partial charge >= 0.3 is 6.01 Å². The highest BCUT2D eigenvalue weighted by Crippen LogP contribution is 2.21. The van der Waals surface area contributed by atoms with Crippen molar-refractivity contribution >= 4 is 0 Å². The molecule has 0 saturated carbocycles. The normalized spacial score (nSPS) is 10.4. The molecule has 0 atom stereocenters. The van der Waals surface area contributed by atoms with Crippen LogP contribution in [-0.2, 0) is 0 Å². The Balaban J connectivity index is 2.11. The first kappa shape index (κ1) is 13.1. The molecule has 0 saturated heterocycles. The second-order valence-electron chi connectivity index (χ2n) is 4.19. The molecular weight excluding hydrogens is 271 g/mol. The van der Waals surface area contributed by atoms with Crippen LogP contribution in [0, 0.1) is 5.82 Å². The van der Waals surface area contributed by atoms with Crippen molar-refractivity contribution < 1.29 is 9.13 Å². The predicted molar refractivity (Wildman–Crippen MR) is 75.0 cm³/mol. The first-order valence-corrected chi connectivity index (χ1v) is 6.23. The van der Waals surface area contributed by atoms with Crippen LogP contribution in [0.4, 0.5) is 4.39 Å². The monoisotopic (exact) mass is 282 g/mol. The van der Waals surface area contributed by atoms with E-state index in [9.17, 15) is 4.39 Å². The molecule has 0 aliphatic carbocycles. The summed E-state index contributed by atoms with van der Waals surface area (Å²) < 4.78 is 18.1. The van der Waals surface area contributed by atoms with Crippen LogP contribution in [-0.4, -0.2) is 27.0 Å². The smallest absolute Gasteiger partial charge is 0.320 e. The maximum Gasteiger partial charge on any atom is 0.320 e. The molecule has 104 valence electrons. The zero-order chi connectivity index (χ0) is 14.7. The molecule has 0 amide bonds. The molecule has 3 aromatic rings. The van der Waals surface area contributed by atoms with Gasteiger partial charge in [-0.15, -0.1) is 0 Å². The third-order valence-electron chi connectivity index (χ3n) is 2.79. The number of pyridine rings is 1. The van der Waals surface area contributed by atoms with E-state index in [0.29, 0.717) is 22.9 Å². The summed E-state index contributed by atoms with van der Waals surface area (Å²) in [5.74, 6) is 0.494. The number of benzene rings is 1. The van der Waals surface area contributed by atoms with Gasteiger partial charge in [-0.1, -0.05) is 6.07 Å². The number of hydrogen-bond acceptors (Lipinski definition) is 5. The molecule has 0 unspecified atom stereocenters. The largest absolute Gasteiger partial charge is 0.467 e. The van der Waals surface area contributed by atoms with E-state index < -0.39 is 0 Å². The Morgan fingerprint density at radius 3 is 2.33 bits per heavy atom. The number of ether oxygens (including phenoxy) is 1. The number of aromatic nitrogens is 4. The lowest BCUT2D eigenvalue weighted by atomic mass is 10.2. The minimum absolute atomic E-state index is 0.185. The molecule has 1 aromatic carbocycles. The first-order valence-electron chi connectivity index (χ1n) is 6.23. The molecular formula is C15H11FN4O. The van der Waals surface area contributed by atoms with Crippen LogP contribution in [0.2, 0.25) is 0 Å². The van der Waals surface area contributed by atoms with Crippen molar-refractivity contribution in [2.75, 3.05) is 7.11 Å². The third-order valence-corrected chi connectivity index (χ3v) is 2.79. The molecule has 0 spiro atoms. The van der Waals surface area contributed by atoms with Crippen molar-refractivity contribution in [3.05, 3.63) is 54.5 Å². The first-order chi connectivity index (χ1) is 10.3. The second kappa shape index (κ2) is 5.62. The van der Waals surface area contributed by atoms with Crippen molar-refractivity contribution in [3.63, 3.8) is 0 Å². The predicted octanol–water partition coefficient (Wildman–Crippen LogP) is 2.75. The average molecular weight is 282 g/mol. The summed E-state index contributed by atoms with van der Waals surface area (Å²) in [6, 6.07) is 11.5. The molecule has 0 N–H and O–H groups in total. The van der Waals surface area contributed by atoms with Gasteiger partial charge in [-0.2, -0.15) is 9.97 Å². The molecule has 5 nitrogen and oxygen atoms in total. The zero-order valence-corrected chi connectivity index (χ0v) is 11.2. The highest BCUT2D eigenvalue weighted by Gasteiger charge is 2.11. The second-order valence-corrected chi connectivity index (χ2v) is 4.19. The van der Waals surface area contributed by atoms with Gasteiger partial charge in [0.2, 0.25) is 0 Å². The van der Waals surface area contributed by atoms with Gasteiger partial charge in [-0.25, -0.2) is 9.37 Å². The fourth-order valence-corrected chi connectivity index (χ4v) is 1.79. The lowest BCUT2D eigenvalue weighted by Gasteiger charge is -2.06. The Hall–Kier alpha value is -2.89. The zero-order valence-electron chi connectivity index (χ0n) is 11.2. The van der Waals surface area contributed by atoms with E-state index in [4.69, 9.17) is 4.74 Å². The summed E-state index contributed by atoms with van der Waals surface area (Å²) in [5, 5.41) is 0. The number of nitrogens with zero attached hydrogens (tertiary/aromatic N) is 4. The van der Waals surface area contributed by atoms with Gasteiger partial charge < -0.3 is 4.74 Å². The SMILES string of the molecule is COc1nc(-c2ccc(F)cc2)nc(-c2ccccn2)n1. The van der Waals surface area contributed by atoms with E-state index in [0.717, 1.165) is 0 Å². The van der Waals surface area contributed by atoms with Gasteiger partial charge in [0.15, 0.2) is 11.6 Å². The molecule has 3 rings (SSSR count). The number of rotatable bonds is 3. The molecule has 2 aromatic heterocycles. The maximum absolute atomic E-state index is 13.0. The van der Waals surface area contributed by atoms with Crippen molar-refractivity contribution in [1.82, 2.24) is 19.9 Å². The summed E-state index contributed by atoms with van der Waals surface area (Å²) in [6.07, 6.45) is 1.66. The van der Waals surface area contributed by atoms with Crippen LogP contribution in [0.15, 0.2) is 48.7 Å². The standard InChI is InChI=1S/C15H11FN4O/c1-21-15-19-13(10-5-7-11(16)8-6-10)18-14(20-15)12-4-2-3-9-17-12/h2-9H,1H3. The molecule has 21 heavy (non-hydrogen) atoms. The van der Waals surface area contributed by atoms with E-state index in [1.807, 2.05) is 12.1 Å². The van der Waals surface area contributed by atoms with E-state index in [-0.39, 0.29) is 11.8 Å². The molecule has 0 radical (unpaired) electrons. The van der Waals surface area contributed by atoms with Gasteiger partial charge in [-0.05, 0) is 36.4 Å². The fraction of sp³-hybridized carbons (Fsp3) is 0.0667. The molecule has 0 fully saturated rings. The van der Waals surface area contributed by atoms with Crippen molar-refractivity contribution in [3.8, 4) is 28.9 Å². The van der Waals surface area contributed by atoms with Crippen molar-refractivity contribution in [2.45, 2.75) is 0 Å². The minimum atomic E-state index is -0.315. The van der Waals surface area contributed by atoms with Crippen LogP contribution in [0.25, 0.3) is 22.9 Å². The Morgan fingerprint density at radius 1 is 0.905 bits per heavy atom. The van der Waals surface area contributed by atoms with Crippen LogP contribution < -0.4 is 4.74 Å². The summed E-state index contributed by atoms with van der Waals surface area (Å²) in [7, 11) is 1.48. The summed E-state index contributed by atoms with van der Waals surface area (Å²) in [6.45, 7) is 0. The molecule has 2 heterocycles. The molecule has 0 bridgehead atoms.